The van der Waals surface area contributed by atoms with Crippen LogP contribution in [0.2, 0.25) is 0 Å². The fourth-order valence-electron chi connectivity index (χ4n) is 2.36. The predicted octanol–water partition coefficient (Wildman–Crippen LogP) is 4.70. The molecule has 1 heteroatoms. The first-order chi connectivity index (χ1) is 7.43. The van der Waals surface area contributed by atoms with Crippen molar-refractivity contribution in [1.82, 2.24) is 0 Å². The van der Waals surface area contributed by atoms with Crippen molar-refractivity contribution < 1.29 is 4.74 Å². The normalized spacial score (nSPS) is 21.8. The van der Waals surface area contributed by atoms with E-state index in [9.17, 15) is 0 Å². The molecule has 1 aliphatic rings. The molecule has 1 nitrogen and oxygen atoms in total. The molecular weight excluding hydrogens is 184 g/mol. The van der Waals surface area contributed by atoms with Gasteiger partial charge in [-0.15, -0.1) is 0 Å². The fraction of sp³-hybridized carbons (Fsp3) is 1.00. The molecule has 0 N–H and O–H groups in total. The van der Waals surface area contributed by atoms with Gasteiger partial charge in [-0.05, 0) is 25.7 Å². The van der Waals surface area contributed by atoms with Crippen molar-refractivity contribution in [2.45, 2.75) is 83.7 Å². The Hall–Kier alpha value is -0.0400. The van der Waals surface area contributed by atoms with Crippen LogP contribution in [-0.2, 0) is 4.74 Å². The molecule has 0 radical (unpaired) electrons. The van der Waals surface area contributed by atoms with Gasteiger partial charge in [-0.25, -0.2) is 0 Å². The molecule has 1 aliphatic heterocycles. The summed E-state index contributed by atoms with van der Waals surface area (Å²) in [5, 5.41) is 0. The Bertz CT molecular complexity index is 127. The summed E-state index contributed by atoms with van der Waals surface area (Å²) >= 11 is 0. The van der Waals surface area contributed by atoms with Crippen molar-refractivity contribution in [3.05, 3.63) is 0 Å². The van der Waals surface area contributed by atoms with Crippen molar-refractivity contribution in [2.24, 2.45) is 0 Å². The largest absolute Gasteiger partial charge is 0.378 e. The maximum absolute atomic E-state index is 5.72. The van der Waals surface area contributed by atoms with Gasteiger partial charge in [0.1, 0.15) is 0 Å². The van der Waals surface area contributed by atoms with Crippen molar-refractivity contribution in [1.29, 1.82) is 0 Å². The maximum Gasteiger partial charge on any atom is 0.0575 e. The van der Waals surface area contributed by atoms with Gasteiger partial charge in [0, 0.05) is 6.61 Å². The summed E-state index contributed by atoms with van der Waals surface area (Å²) < 4.78 is 5.72. The minimum absolute atomic E-state index is 0.606. The Balaban J connectivity index is 1.79. The minimum atomic E-state index is 0.606. The molecule has 1 fully saturated rings. The van der Waals surface area contributed by atoms with Gasteiger partial charge in [-0.2, -0.15) is 0 Å². The Morgan fingerprint density at radius 1 is 0.933 bits per heavy atom. The van der Waals surface area contributed by atoms with E-state index in [1.165, 1.54) is 70.6 Å². The number of hydrogen-bond donors (Lipinski definition) is 0. The summed E-state index contributed by atoms with van der Waals surface area (Å²) in [6, 6.07) is 0. The molecule has 15 heavy (non-hydrogen) atoms. The second kappa shape index (κ2) is 9.21. The molecule has 0 aromatic rings. The fourth-order valence-corrected chi connectivity index (χ4v) is 2.36. The average Bonchev–Trinajstić information content (AvgIpc) is 2.29. The van der Waals surface area contributed by atoms with Crippen LogP contribution in [0.1, 0.15) is 77.6 Å². The third-order valence-electron chi connectivity index (χ3n) is 3.40. The molecule has 0 spiro atoms. The van der Waals surface area contributed by atoms with Crippen LogP contribution in [0.5, 0.6) is 0 Å². The monoisotopic (exact) mass is 212 g/mol. The van der Waals surface area contributed by atoms with Gasteiger partial charge in [0.15, 0.2) is 0 Å². The standard InChI is InChI=1S/C14H28O/c1-2-3-4-5-6-7-8-11-14-12-9-10-13-15-14/h14H,2-13H2,1H3. The quantitative estimate of drug-likeness (QED) is 0.530. The van der Waals surface area contributed by atoms with Crippen LogP contribution >= 0.6 is 0 Å². The molecule has 1 rings (SSSR count). The Kier molecular flexibility index (Phi) is 7.99. The van der Waals surface area contributed by atoms with Crippen LogP contribution in [0.25, 0.3) is 0 Å². The lowest BCUT2D eigenvalue weighted by atomic mass is 10.0. The van der Waals surface area contributed by atoms with Gasteiger partial charge in [0.05, 0.1) is 6.10 Å². The molecule has 0 aromatic carbocycles. The molecule has 0 amide bonds. The second-order valence-corrected chi connectivity index (χ2v) is 4.90. The predicted molar refractivity (Wildman–Crippen MR) is 66.2 cm³/mol. The third-order valence-corrected chi connectivity index (χ3v) is 3.40. The molecule has 1 heterocycles. The van der Waals surface area contributed by atoms with Crippen molar-refractivity contribution in [3.63, 3.8) is 0 Å². The van der Waals surface area contributed by atoms with Crippen LogP contribution < -0.4 is 0 Å². The van der Waals surface area contributed by atoms with E-state index >= 15 is 0 Å². The van der Waals surface area contributed by atoms with E-state index in [0.717, 1.165) is 6.61 Å². The summed E-state index contributed by atoms with van der Waals surface area (Å²) in [6.07, 6.45) is 15.8. The van der Waals surface area contributed by atoms with Crippen molar-refractivity contribution in [3.8, 4) is 0 Å². The zero-order valence-corrected chi connectivity index (χ0v) is 10.5. The molecule has 0 saturated carbocycles. The molecule has 90 valence electrons. The van der Waals surface area contributed by atoms with E-state index in [1.807, 2.05) is 0 Å². The summed E-state index contributed by atoms with van der Waals surface area (Å²) in [4.78, 5) is 0. The summed E-state index contributed by atoms with van der Waals surface area (Å²) in [5.74, 6) is 0. The zero-order chi connectivity index (χ0) is 10.8. The van der Waals surface area contributed by atoms with Crippen LogP contribution in [0.4, 0.5) is 0 Å². The molecule has 0 aliphatic carbocycles. The van der Waals surface area contributed by atoms with Gasteiger partial charge in [0.2, 0.25) is 0 Å². The summed E-state index contributed by atoms with van der Waals surface area (Å²) in [6.45, 7) is 3.29. The lowest BCUT2D eigenvalue weighted by Gasteiger charge is -2.22. The first-order valence-electron chi connectivity index (χ1n) is 7.05. The van der Waals surface area contributed by atoms with E-state index in [-0.39, 0.29) is 0 Å². The number of hydrogen-bond acceptors (Lipinski definition) is 1. The highest BCUT2D eigenvalue weighted by Gasteiger charge is 2.12. The third kappa shape index (κ3) is 6.94. The number of ether oxygens (including phenoxy) is 1. The van der Waals surface area contributed by atoms with Gasteiger partial charge < -0.3 is 4.74 Å². The first-order valence-corrected chi connectivity index (χ1v) is 7.05. The Morgan fingerprint density at radius 3 is 2.33 bits per heavy atom. The van der Waals surface area contributed by atoms with E-state index in [0.29, 0.717) is 6.10 Å². The number of unbranched alkanes of at least 4 members (excludes halogenated alkanes) is 6. The topological polar surface area (TPSA) is 9.23 Å². The van der Waals surface area contributed by atoms with E-state index in [4.69, 9.17) is 4.74 Å². The van der Waals surface area contributed by atoms with Crippen LogP contribution in [0, 0.1) is 0 Å². The molecule has 1 saturated heterocycles. The van der Waals surface area contributed by atoms with Crippen LogP contribution in [-0.4, -0.2) is 12.7 Å². The van der Waals surface area contributed by atoms with E-state index < -0.39 is 0 Å². The molecule has 0 aromatic heterocycles. The Labute approximate surface area is 95.6 Å². The molecule has 0 bridgehead atoms. The van der Waals surface area contributed by atoms with Crippen LogP contribution in [0.15, 0.2) is 0 Å². The highest BCUT2D eigenvalue weighted by molar-refractivity contribution is 4.63. The van der Waals surface area contributed by atoms with Crippen molar-refractivity contribution >= 4 is 0 Å². The molecule has 1 unspecified atom stereocenters. The zero-order valence-electron chi connectivity index (χ0n) is 10.5. The van der Waals surface area contributed by atoms with E-state index in [2.05, 4.69) is 6.92 Å². The second-order valence-electron chi connectivity index (χ2n) is 4.90. The number of rotatable bonds is 8. The van der Waals surface area contributed by atoms with Gasteiger partial charge in [-0.3, -0.25) is 0 Å². The summed E-state index contributed by atoms with van der Waals surface area (Å²) in [7, 11) is 0. The van der Waals surface area contributed by atoms with E-state index in [1.54, 1.807) is 0 Å². The maximum atomic E-state index is 5.72. The van der Waals surface area contributed by atoms with Gasteiger partial charge in [0.25, 0.3) is 0 Å². The molecular formula is C14H28O. The Morgan fingerprint density at radius 2 is 1.67 bits per heavy atom. The highest BCUT2D eigenvalue weighted by Crippen LogP contribution is 2.18. The highest BCUT2D eigenvalue weighted by atomic mass is 16.5. The average molecular weight is 212 g/mol. The lowest BCUT2D eigenvalue weighted by molar-refractivity contribution is 0.00977. The first kappa shape index (κ1) is 13.0. The smallest absolute Gasteiger partial charge is 0.0575 e. The molecule has 1 atom stereocenters. The van der Waals surface area contributed by atoms with Crippen molar-refractivity contribution in [2.75, 3.05) is 6.61 Å². The lowest BCUT2D eigenvalue weighted by Crippen LogP contribution is -2.18. The van der Waals surface area contributed by atoms with Crippen LogP contribution in [0.3, 0.4) is 0 Å². The van der Waals surface area contributed by atoms with Gasteiger partial charge >= 0.3 is 0 Å². The van der Waals surface area contributed by atoms with Gasteiger partial charge in [-0.1, -0.05) is 51.9 Å². The minimum Gasteiger partial charge on any atom is -0.378 e. The SMILES string of the molecule is CCCCCCCCCC1CCCCO1. The summed E-state index contributed by atoms with van der Waals surface area (Å²) in [5.41, 5.74) is 0.